The predicted molar refractivity (Wildman–Crippen MR) is 85.3 cm³/mol. The first-order valence-corrected chi connectivity index (χ1v) is 7.26. The van der Waals surface area contributed by atoms with Crippen LogP contribution >= 0.6 is 0 Å². The molecule has 0 bridgehead atoms. The standard InChI is InChI=1S/C17H23N3O/c1-12(2)8-18-9-14-10-19-17(20-11-14)15-6-5-13(3)7-16(15)21-4/h5-7,10-12,18H,8-9H2,1-4H3. The minimum absolute atomic E-state index is 0.641. The molecule has 4 heteroatoms. The number of nitrogens with one attached hydrogen (secondary N) is 1. The Morgan fingerprint density at radius 3 is 2.52 bits per heavy atom. The summed E-state index contributed by atoms with van der Waals surface area (Å²) in [7, 11) is 1.67. The van der Waals surface area contributed by atoms with Gasteiger partial charge in [-0.05, 0) is 37.1 Å². The Balaban J connectivity index is 2.12. The molecule has 1 heterocycles. The van der Waals surface area contributed by atoms with Crippen molar-refractivity contribution < 1.29 is 4.74 Å². The summed E-state index contributed by atoms with van der Waals surface area (Å²) in [6.07, 6.45) is 3.74. The highest BCUT2D eigenvalue weighted by atomic mass is 16.5. The van der Waals surface area contributed by atoms with E-state index in [0.717, 1.165) is 35.5 Å². The molecule has 0 aliphatic rings. The zero-order chi connectivity index (χ0) is 15.2. The van der Waals surface area contributed by atoms with Crippen molar-refractivity contribution in [1.82, 2.24) is 15.3 Å². The average molecular weight is 285 g/mol. The number of aryl methyl sites for hydroxylation is 1. The molecule has 0 atom stereocenters. The van der Waals surface area contributed by atoms with Crippen LogP contribution < -0.4 is 10.1 Å². The van der Waals surface area contributed by atoms with E-state index in [9.17, 15) is 0 Å². The molecule has 1 N–H and O–H groups in total. The first-order valence-electron chi connectivity index (χ1n) is 7.26. The number of ether oxygens (including phenoxy) is 1. The Morgan fingerprint density at radius 2 is 1.90 bits per heavy atom. The maximum Gasteiger partial charge on any atom is 0.162 e. The average Bonchev–Trinajstić information content (AvgIpc) is 2.47. The Morgan fingerprint density at radius 1 is 1.19 bits per heavy atom. The van der Waals surface area contributed by atoms with Gasteiger partial charge in [0, 0.05) is 24.5 Å². The largest absolute Gasteiger partial charge is 0.496 e. The van der Waals surface area contributed by atoms with Crippen LogP contribution in [0.2, 0.25) is 0 Å². The molecule has 0 saturated carbocycles. The Labute approximate surface area is 126 Å². The summed E-state index contributed by atoms with van der Waals surface area (Å²) in [6.45, 7) is 8.21. The first kappa shape index (κ1) is 15.4. The molecule has 0 radical (unpaired) electrons. The van der Waals surface area contributed by atoms with Crippen molar-refractivity contribution >= 4 is 0 Å². The number of rotatable bonds is 6. The molecule has 4 nitrogen and oxygen atoms in total. The van der Waals surface area contributed by atoms with Crippen molar-refractivity contribution in [1.29, 1.82) is 0 Å². The quantitative estimate of drug-likeness (QED) is 0.885. The van der Waals surface area contributed by atoms with E-state index in [2.05, 4.69) is 29.1 Å². The Kier molecular flexibility index (Phi) is 5.28. The highest BCUT2D eigenvalue weighted by molar-refractivity contribution is 5.64. The molecule has 21 heavy (non-hydrogen) atoms. The number of aromatic nitrogens is 2. The lowest BCUT2D eigenvalue weighted by molar-refractivity contribution is 0.416. The molecule has 0 aliphatic carbocycles. The van der Waals surface area contributed by atoms with Crippen LogP contribution in [0.25, 0.3) is 11.4 Å². The van der Waals surface area contributed by atoms with Gasteiger partial charge >= 0.3 is 0 Å². The summed E-state index contributed by atoms with van der Waals surface area (Å²) in [5.41, 5.74) is 3.17. The van der Waals surface area contributed by atoms with Crippen molar-refractivity contribution in [3.63, 3.8) is 0 Å². The minimum Gasteiger partial charge on any atom is -0.496 e. The van der Waals surface area contributed by atoms with Gasteiger partial charge in [0.25, 0.3) is 0 Å². The lowest BCUT2D eigenvalue weighted by Gasteiger charge is -2.09. The van der Waals surface area contributed by atoms with Crippen LogP contribution in [0.1, 0.15) is 25.0 Å². The summed E-state index contributed by atoms with van der Waals surface area (Å²) in [4.78, 5) is 8.91. The van der Waals surface area contributed by atoms with Crippen LogP contribution in [-0.2, 0) is 6.54 Å². The van der Waals surface area contributed by atoms with Gasteiger partial charge in [-0.25, -0.2) is 9.97 Å². The highest BCUT2D eigenvalue weighted by Gasteiger charge is 2.08. The van der Waals surface area contributed by atoms with Crippen molar-refractivity contribution in [3.05, 3.63) is 41.7 Å². The molecular formula is C17H23N3O. The summed E-state index contributed by atoms with van der Waals surface area (Å²) in [5, 5.41) is 3.39. The fourth-order valence-corrected chi connectivity index (χ4v) is 2.07. The van der Waals surface area contributed by atoms with Gasteiger partial charge in [-0.3, -0.25) is 0 Å². The van der Waals surface area contributed by atoms with Crippen molar-refractivity contribution in [2.75, 3.05) is 13.7 Å². The Bertz CT molecular complexity index is 579. The lowest BCUT2D eigenvalue weighted by Crippen LogP contribution is -2.19. The van der Waals surface area contributed by atoms with Crippen molar-refractivity contribution in [2.45, 2.75) is 27.3 Å². The van der Waals surface area contributed by atoms with E-state index >= 15 is 0 Å². The third-order valence-corrected chi connectivity index (χ3v) is 3.18. The molecule has 0 unspecified atom stereocenters. The van der Waals surface area contributed by atoms with Gasteiger partial charge in [-0.1, -0.05) is 19.9 Å². The summed E-state index contributed by atoms with van der Waals surface area (Å²) >= 11 is 0. The molecule has 0 aliphatic heterocycles. The molecule has 2 rings (SSSR count). The van der Waals surface area contributed by atoms with Gasteiger partial charge < -0.3 is 10.1 Å². The molecule has 2 aromatic rings. The second kappa shape index (κ2) is 7.18. The number of methoxy groups -OCH3 is 1. The highest BCUT2D eigenvalue weighted by Crippen LogP contribution is 2.27. The van der Waals surface area contributed by atoms with E-state index in [1.165, 1.54) is 0 Å². The smallest absolute Gasteiger partial charge is 0.162 e. The number of nitrogens with zero attached hydrogens (tertiary/aromatic N) is 2. The van der Waals surface area contributed by atoms with Crippen molar-refractivity contribution in [2.24, 2.45) is 5.92 Å². The van der Waals surface area contributed by atoms with E-state index in [-0.39, 0.29) is 0 Å². The molecular weight excluding hydrogens is 262 g/mol. The van der Waals surface area contributed by atoms with Gasteiger partial charge in [0.1, 0.15) is 5.75 Å². The van der Waals surface area contributed by atoms with Gasteiger partial charge in [-0.2, -0.15) is 0 Å². The molecule has 1 aromatic heterocycles. The fourth-order valence-electron chi connectivity index (χ4n) is 2.07. The third-order valence-electron chi connectivity index (χ3n) is 3.18. The zero-order valence-corrected chi connectivity index (χ0v) is 13.2. The first-order chi connectivity index (χ1) is 10.1. The van der Waals surface area contributed by atoms with Gasteiger partial charge in [0.05, 0.1) is 12.7 Å². The number of hydrogen-bond donors (Lipinski definition) is 1. The van der Waals surface area contributed by atoms with E-state index in [0.29, 0.717) is 11.7 Å². The lowest BCUT2D eigenvalue weighted by atomic mass is 10.1. The maximum atomic E-state index is 5.41. The monoisotopic (exact) mass is 285 g/mol. The van der Waals surface area contributed by atoms with Crippen LogP contribution in [0.15, 0.2) is 30.6 Å². The van der Waals surface area contributed by atoms with E-state index in [1.54, 1.807) is 7.11 Å². The summed E-state index contributed by atoms with van der Waals surface area (Å²) in [6, 6.07) is 6.04. The zero-order valence-electron chi connectivity index (χ0n) is 13.2. The Hall–Kier alpha value is -1.94. The van der Waals surface area contributed by atoms with Crippen LogP contribution in [-0.4, -0.2) is 23.6 Å². The van der Waals surface area contributed by atoms with E-state index in [1.807, 2.05) is 37.5 Å². The summed E-state index contributed by atoms with van der Waals surface area (Å²) < 4.78 is 5.41. The van der Waals surface area contributed by atoms with Crippen molar-refractivity contribution in [3.8, 4) is 17.1 Å². The third kappa shape index (κ3) is 4.26. The number of hydrogen-bond acceptors (Lipinski definition) is 4. The molecule has 0 fully saturated rings. The fraction of sp³-hybridized carbons (Fsp3) is 0.412. The molecule has 0 saturated heterocycles. The minimum atomic E-state index is 0.641. The SMILES string of the molecule is COc1cc(C)ccc1-c1ncc(CNCC(C)C)cn1. The normalized spacial score (nSPS) is 10.9. The molecule has 112 valence electrons. The van der Waals surface area contributed by atoms with Crippen LogP contribution in [0.5, 0.6) is 5.75 Å². The second-order valence-electron chi connectivity index (χ2n) is 5.64. The van der Waals surface area contributed by atoms with Crippen LogP contribution in [0.4, 0.5) is 0 Å². The topological polar surface area (TPSA) is 47.0 Å². The van der Waals surface area contributed by atoms with Crippen LogP contribution in [0.3, 0.4) is 0 Å². The van der Waals surface area contributed by atoms with Gasteiger partial charge in [-0.15, -0.1) is 0 Å². The summed E-state index contributed by atoms with van der Waals surface area (Å²) in [5.74, 6) is 2.14. The van der Waals surface area contributed by atoms with Crippen LogP contribution in [0, 0.1) is 12.8 Å². The van der Waals surface area contributed by atoms with Gasteiger partial charge in [0.15, 0.2) is 5.82 Å². The number of benzene rings is 1. The molecule has 1 aromatic carbocycles. The predicted octanol–water partition coefficient (Wildman–Crippen LogP) is 3.21. The maximum absolute atomic E-state index is 5.41. The molecule has 0 amide bonds. The molecule has 0 spiro atoms. The van der Waals surface area contributed by atoms with E-state index in [4.69, 9.17) is 4.74 Å². The van der Waals surface area contributed by atoms with Gasteiger partial charge in [0.2, 0.25) is 0 Å². The van der Waals surface area contributed by atoms with E-state index < -0.39 is 0 Å². The second-order valence-corrected chi connectivity index (χ2v) is 5.64.